The summed E-state index contributed by atoms with van der Waals surface area (Å²) in [7, 11) is 0. The van der Waals surface area contributed by atoms with E-state index in [-0.39, 0.29) is 24.3 Å². The molecule has 1 aliphatic rings. The minimum Gasteiger partial charge on any atom is -0.490 e. The van der Waals surface area contributed by atoms with Crippen LogP contribution in [-0.4, -0.2) is 29.2 Å². The van der Waals surface area contributed by atoms with Crippen LogP contribution in [0.25, 0.3) is 6.08 Å². The van der Waals surface area contributed by atoms with Crippen molar-refractivity contribution in [2.24, 2.45) is 0 Å². The lowest BCUT2D eigenvalue weighted by atomic mass is 10.1. The van der Waals surface area contributed by atoms with Gasteiger partial charge in [-0.3, -0.25) is 14.5 Å². The Bertz CT molecular complexity index is 1150. The molecule has 1 aliphatic heterocycles. The Morgan fingerprint density at radius 2 is 1.53 bits per heavy atom. The van der Waals surface area contributed by atoms with Crippen LogP contribution >= 0.6 is 23.4 Å². The quantitative estimate of drug-likeness (QED) is 0.380. The highest BCUT2D eigenvalue weighted by atomic mass is 35.5. The minimum absolute atomic E-state index is 0.138. The molecule has 1 saturated heterocycles. The lowest BCUT2D eigenvalue weighted by Crippen LogP contribution is -2.32. The molecule has 2 amide bonds. The van der Waals surface area contributed by atoms with Crippen molar-refractivity contribution in [3.8, 4) is 11.5 Å². The summed E-state index contributed by atoms with van der Waals surface area (Å²) in [6.45, 7) is 0.706. The van der Waals surface area contributed by atoms with Gasteiger partial charge in [0.25, 0.3) is 11.1 Å². The molecule has 0 bridgehead atoms. The third kappa shape index (κ3) is 5.33. The van der Waals surface area contributed by atoms with Gasteiger partial charge in [0.15, 0.2) is 0 Å². The summed E-state index contributed by atoms with van der Waals surface area (Å²) in [4.78, 5) is 26.8. The Morgan fingerprint density at radius 3 is 2.31 bits per heavy atom. The lowest BCUT2D eigenvalue weighted by molar-refractivity contribution is -0.123. The van der Waals surface area contributed by atoms with Crippen LogP contribution in [-0.2, 0) is 11.4 Å². The van der Waals surface area contributed by atoms with Gasteiger partial charge in [0.05, 0.1) is 16.5 Å². The molecule has 32 heavy (non-hydrogen) atoms. The second-order valence-corrected chi connectivity index (χ2v) is 8.32. The summed E-state index contributed by atoms with van der Waals surface area (Å²) >= 11 is 6.98. The van der Waals surface area contributed by atoms with Crippen molar-refractivity contribution in [3.63, 3.8) is 0 Å². The predicted octanol–water partition coefficient (Wildman–Crippen LogP) is 6.03. The van der Waals surface area contributed by atoms with E-state index < -0.39 is 0 Å². The number of benzene rings is 3. The van der Waals surface area contributed by atoms with Gasteiger partial charge in [0.1, 0.15) is 24.7 Å². The van der Waals surface area contributed by atoms with Crippen molar-refractivity contribution in [1.82, 2.24) is 4.90 Å². The summed E-state index contributed by atoms with van der Waals surface area (Å²) in [5.41, 5.74) is 1.78. The van der Waals surface area contributed by atoms with E-state index in [1.165, 1.54) is 4.90 Å². The van der Waals surface area contributed by atoms with Gasteiger partial charge in [-0.1, -0.05) is 72.3 Å². The highest BCUT2D eigenvalue weighted by Gasteiger charge is 2.35. The van der Waals surface area contributed by atoms with Crippen molar-refractivity contribution >= 4 is 40.6 Å². The van der Waals surface area contributed by atoms with Gasteiger partial charge < -0.3 is 9.47 Å². The average molecular weight is 466 g/mol. The van der Waals surface area contributed by atoms with E-state index in [0.717, 1.165) is 22.9 Å². The minimum atomic E-state index is -0.347. The highest BCUT2D eigenvalue weighted by molar-refractivity contribution is 8.18. The van der Waals surface area contributed by atoms with Crippen LogP contribution in [0.2, 0.25) is 5.02 Å². The van der Waals surface area contributed by atoms with Gasteiger partial charge in [-0.2, -0.15) is 0 Å². The fourth-order valence-electron chi connectivity index (χ4n) is 3.11. The SMILES string of the molecule is O=C1S/C(=C\c2ccccc2OCc2ccccc2)C(=O)N1CCOc1ccccc1Cl. The lowest BCUT2D eigenvalue weighted by Gasteiger charge is -2.14. The topological polar surface area (TPSA) is 55.8 Å². The number of carbonyl (C=O) groups is 2. The first-order valence-corrected chi connectivity index (χ1v) is 11.2. The molecule has 0 aromatic heterocycles. The zero-order valence-corrected chi connectivity index (χ0v) is 18.6. The van der Waals surface area contributed by atoms with Gasteiger partial charge >= 0.3 is 0 Å². The number of ether oxygens (including phenoxy) is 2. The number of thioether (sulfide) groups is 1. The number of imide groups is 1. The fraction of sp³-hybridized carbons (Fsp3) is 0.120. The number of rotatable bonds is 8. The van der Waals surface area contributed by atoms with Crippen LogP contribution in [0, 0.1) is 0 Å². The van der Waals surface area contributed by atoms with E-state index in [1.54, 1.807) is 30.3 Å². The fourth-order valence-corrected chi connectivity index (χ4v) is 4.16. The molecule has 5 nitrogen and oxygen atoms in total. The summed E-state index contributed by atoms with van der Waals surface area (Å²) in [6.07, 6.45) is 1.69. The molecule has 0 spiro atoms. The number of amides is 2. The van der Waals surface area contributed by atoms with Gasteiger partial charge in [-0.25, -0.2) is 0 Å². The Morgan fingerprint density at radius 1 is 0.844 bits per heavy atom. The second kappa shape index (κ2) is 10.4. The van der Waals surface area contributed by atoms with Crippen molar-refractivity contribution in [3.05, 3.63) is 99.9 Å². The van der Waals surface area contributed by atoms with Crippen LogP contribution in [0.15, 0.2) is 83.8 Å². The number of carbonyl (C=O) groups excluding carboxylic acids is 2. The number of para-hydroxylation sites is 2. The predicted molar refractivity (Wildman–Crippen MR) is 127 cm³/mol. The van der Waals surface area contributed by atoms with Crippen LogP contribution in [0.4, 0.5) is 4.79 Å². The smallest absolute Gasteiger partial charge is 0.293 e. The number of hydrogen-bond acceptors (Lipinski definition) is 5. The third-order valence-electron chi connectivity index (χ3n) is 4.73. The molecule has 0 saturated carbocycles. The standard InChI is InChI=1S/C25H20ClNO4S/c26-20-11-5-7-13-22(20)30-15-14-27-24(28)23(32-25(27)29)16-19-10-4-6-12-21(19)31-17-18-8-2-1-3-9-18/h1-13,16H,14-15,17H2/b23-16-. The van der Waals surface area contributed by atoms with E-state index in [2.05, 4.69) is 0 Å². The zero-order chi connectivity index (χ0) is 22.3. The normalized spacial score (nSPS) is 14.8. The van der Waals surface area contributed by atoms with Crippen molar-refractivity contribution < 1.29 is 19.1 Å². The molecule has 3 aromatic carbocycles. The molecule has 0 unspecified atom stereocenters. The van der Waals surface area contributed by atoms with E-state index in [9.17, 15) is 9.59 Å². The first-order chi connectivity index (χ1) is 15.6. The second-order valence-electron chi connectivity index (χ2n) is 6.92. The molecule has 162 valence electrons. The average Bonchev–Trinajstić information content (AvgIpc) is 3.08. The monoisotopic (exact) mass is 465 g/mol. The molecule has 1 fully saturated rings. The van der Waals surface area contributed by atoms with Crippen molar-refractivity contribution in [1.29, 1.82) is 0 Å². The molecule has 3 aromatic rings. The number of nitrogens with zero attached hydrogens (tertiary/aromatic N) is 1. The van der Waals surface area contributed by atoms with E-state index in [1.807, 2.05) is 54.6 Å². The Hall–Kier alpha value is -3.22. The van der Waals surface area contributed by atoms with Crippen LogP contribution in [0.5, 0.6) is 11.5 Å². The molecule has 0 atom stereocenters. The maximum Gasteiger partial charge on any atom is 0.293 e. The summed E-state index contributed by atoms with van der Waals surface area (Å²) in [5, 5.41) is 0.153. The molecule has 0 aliphatic carbocycles. The highest BCUT2D eigenvalue weighted by Crippen LogP contribution is 2.34. The Balaban J connectivity index is 1.42. The number of halogens is 1. The van der Waals surface area contributed by atoms with Gasteiger partial charge in [0.2, 0.25) is 0 Å². The van der Waals surface area contributed by atoms with Crippen molar-refractivity contribution in [2.75, 3.05) is 13.2 Å². The number of hydrogen-bond donors (Lipinski definition) is 0. The molecular formula is C25H20ClNO4S. The van der Waals surface area contributed by atoms with Crippen LogP contribution in [0.1, 0.15) is 11.1 Å². The zero-order valence-electron chi connectivity index (χ0n) is 17.1. The van der Waals surface area contributed by atoms with Gasteiger partial charge in [-0.05, 0) is 41.6 Å². The molecule has 4 rings (SSSR count). The Kier molecular flexibility index (Phi) is 7.14. The van der Waals surface area contributed by atoms with E-state index >= 15 is 0 Å². The molecular weight excluding hydrogens is 446 g/mol. The molecule has 0 N–H and O–H groups in total. The maximum absolute atomic E-state index is 12.8. The van der Waals surface area contributed by atoms with Crippen molar-refractivity contribution in [2.45, 2.75) is 6.61 Å². The first kappa shape index (κ1) is 22.0. The van der Waals surface area contributed by atoms with Gasteiger partial charge in [0, 0.05) is 5.56 Å². The summed E-state index contributed by atoms with van der Waals surface area (Å²) < 4.78 is 11.6. The largest absolute Gasteiger partial charge is 0.490 e. The van der Waals surface area contributed by atoms with Gasteiger partial charge in [-0.15, -0.1) is 0 Å². The summed E-state index contributed by atoms with van der Waals surface area (Å²) in [6, 6.07) is 24.3. The first-order valence-electron chi connectivity index (χ1n) is 10.0. The van der Waals surface area contributed by atoms with E-state index in [0.29, 0.717) is 28.0 Å². The van der Waals surface area contributed by atoms with Crippen LogP contribution in [0.3, 0.4) is 0 Å². The van der Waals surface area contributed by atoms with Crippen LogP contribution < -0.4 is 9.47 Å². The molecule has 7 heteroatoms. The molecule has 1 heterocycles. The maximum atomic E-state index is 12.8. The summed E-state index contributed by atoms with van der Waals surface area (Å²) in [5.74, 6) is 0.812. The Labute approximate surface area is 195 Å². The third-order valence-corrected chi connectivity index (χ3v) is 5.95. The van der Waals surface area contributed by atoms with E-state index in [4.69, 9.17) is 21.1 Å². The molecule has 0 radical (unpaired) electrons.